The van der Waals surface area contributed by atoms with Crippen LogP contribution >= 0.6 is 11.6 Å². The van der Waals surface area contributed by atoms with Crippen LogP contribution in [0.15, 0.2) is 42.7 Å². The monoisotopic (exact) mass is 371 g/mol. The zero-order valence-electron chi connectivity index (χ0n) is 13.2. The van der Waals surface area contributed by atoms with Crippen LogP contribution in [-0.2, 0) is 11.3 Å². The second-order valence-electron chi connectivity index (χ2n) is 5.42. The Morgan fingerprint density at radius 3 is 3.00 bits per heavy atom. The maximum atomic E-state index is 13.3. The standard InChI is InChI=1S/C17H11ClFN5O2/c18-11-6-9(3-4-12(11)19)15-10(7-21-24-15)17(25)26-8-14-22-13-2-1-5-20-16(13)23-14/h1-7H,8H2,(H,21,24)(H,20,22,23). The summed E-state index contributed by atoms with van der Waals surface area (Å²) in [5.74, 6) is -0.665. The Balaban J connectivity index is 1.53. The number of nitrogens with zero attached hydrogens (tertiary/aromatic N) is 3. The summed E-state index contributed by atoms with van der Waals surface area (Å²) < 4.78 is 18.6. The highest BCUT2D eigenvalue weighted by molar-refractivity contribution is 6.31. The molecule has 0 amide bonds. The Morgan fingerprint density at radius 1 is 1.31 bits per heavy atom. The first-order valence-electron chi connectivity index (χ1n) is 7.57. The average Bonchev–Trinajstić information content (AvgIpc) is 3.28. The van der Waals surface area contributed by atoms with Crippen LogP contribution in [0.25, 0.3) is 22.4 Å². The average molecular weight is 372 g/mol. The number of hydrogen-bond acceptors (Lipinski definition) is 5. The van der Waals surface area contributed by atoms with E-state index in [0.29, 0.717) is 22.7 Å². The zero-order valence-corrected chi connectivity index (χ0v) is 13.9. The molecular weight excluding hydrogens is 361 g/mol. The number of nitrogens with one attached hydrogen (secondary N) is 2. The first-order chi connectivity index (χ1) is 12.6. The summed E-state index contributed by atoms with van der Waals surface area (Å²) in [4.78, 5) is 23.8. The van der Waals surface area contributed by atoms with Crippen LogP contribution in [0.2, 0.25) is 5.02 Å². The lowest BCUT2D eigenvalue weighted by Gasteiger charge is -2.05. The quantitative estimate of drug-likeness (QED) is 0.535. The highest BCUT2D eigenvalue weighted by atomic mass is 35.5. The van der Waals surface area contributed by atoms with Gasteiger partial charge in [-0.2, -0.15) is 5.10 Å². The molecule has 0 aliphatic rings. The number of aromatic amines is 2. The van der Waals surface area contributed by atoms with Crippen LogP contribution in [-0.4, -0.2) is 31.1 Å². The van der Waals surface area contributed by atoms with Crippen LogP contribution in [0.4, 0.5) is 4.39 Å². The number of carbonyl (C=O) groups excluding carboxylic acids is 1. The number of H-pyrrole nitrogens is 2. The minimum absolute atomic E-state index is 0.0498. The van der Waals surface area contributed by atoms with E-state index < -0.39 is 11.8 Å². The molecular formula is C17H11ClFN5O2. The third kappa shape index (κ3) is 3.02. The summed E-state index contributed by atoms with van der Waals surface area (Å²) >= 11 is 5.80. The fourth-order valence-electron chi connectivity index (χ4n) is 2.49. The van der Waals surface area contributed by atoms with E-state index in [-0.39, 0.29) is 17.2 Å². The number of pyridine rings is 1. The summed E-state index contributed by atoms with van der Waals surface area (Å²) in [5, 5.41) is 6.52. The summed E-state index contributed by atoms with van der Waals surface area (Å²) in [5.41, 5.74) is 2.42. The number of aromatic nitrogens is 5. The number of halogens is 2. The van der Waals surface area contributed by atoms with Gasteiger partial charge in [0.25, 0.3) is 0 Å². The van der Waals surface area contributed by atoms with Gasteiger partial charge in [0.1, 0.15) is 23.8 Å². The number of imidazole rings is 1. The van der Waals surface area contributed by atoms with Crippen molar-refractivity contribution in [3.05, 3.63) is 65.0 Å². The van der Waals surface area contributed by atoms with Crippen molar-refractivity contribution in [2.45, 2.75) is 6.61 Å². The molecule has 3 aromatic heterocycles. The van der Waals surface area contributed by atoms with Gasteiger partial charge < -0.3 is 9.72 Å². The molecule has 26 heavy (non-hydrogen) atoms. The second kappa shape index (κ2) is 6.57. The molecule has 7 nitrogen and oxygen atoms in total. The van der Waals surface area contributed by atoms with Crippen molar-refractivity contribution in [2.75, 3.05) is 0 Å². The molecule has 130 valence electrons. The van der Waals surface area contributed by atoms with Gasteiger partial charge in [-0.15, -0.1) is 0 Å². The lowest BCUT2D eigenvalue weighted by Crippen LogP contribution is -2.06. The van der Waals surface area contributed by atoms with E-state index in [1.807, 2.05) is 6.07 Å². The first kappa shape index (κ1) is 16.2. The minimum atomic E-state index is -0.595. The molecule has 0 saturated carbocycles. The van der Waals surface area contributed by atoms with Crippen LogP contribution in [0.5, 0.6) is 0 Å². The van der Waals surface area contributed by atoms with Crippen LogP contribution in [0.3, 0.4) is 0 Å². The van der Waals surface area contributed by atoms with E-state index in [1.165, 1.54) is 24.4 Å². The molecule has 0 fully saturated rings. The van der Waals surface area contributed by atoms with Gasteiger partial charge in [-0.1, -0.05) is 11.6 Å². The van der Waals surface area contributed by atoms with Crippen LogP contribution < -0.4 is 0 Å². The van der Waals surface area contributed by atoms with E-state index >= 15 is 0 Å². The number of esters is 1. The van der Waals surface area contributed by atoms with Gasteiger partial charge >= 0.3 is 5.97 Å². The number of carbonyl (C=O) groups is 1. The summed E-state index contributed by atoms with van der Waals surface area (Å²) in [6.45, 7) is -0.0516. The zero-order chi connectivity index (χ0) is 18.1. The number of fused-ring (bicyclic) bond motifs is 1. The molecule has 4 rings (SSSR count). The molecule has 0 unspecified atom stereocenters. The lowest BCUT2D eigenvalue weighted by molar-refractivity contribution is 0.0464. The topological polar surface area (TPSA) is 96.6 Å². The maximum absolute atomic E-state index is 13.3. The molecule has 0 bridgehead atoms. The van der Waals surface area contributed by atoms with Gasteiger partial charge in [0.2, 0.25) is 0 Å². The van der Waals surface area contributed by atoms with E-state index in [1.54, 1.807) is 12.3 Å². The van der Waals surface area contributed by atoms with Crippen molar-refractivity contribution in [3.63, 3.8) is 0 Å². The Labute approximate surface area is 151 Å². The van der Waals surface area contributed by atoms with Crippen molar-refractivity contribution < 1.29 is 13.9 Å². The molecule has 0 atom stereocenters. The normalized spacial score (nSPS) is 11.0. The number of rotatable bonds is 4. The molecule has 1 aromatic carbocycles. The lowest BCUT2D eigenvalue weighted by atomic mass is 10.1. The van der Waals surface area contributed by atoms with E-state index in [0.717, 1.165) is 5.52 Å². The SMILES string of the molecule is O=C(OCc1nc2ncccc2[nH]1)c1cn[nH]c1-c1ccc(F)c(Cl)c1. The minimum Gasteiger partial charge on any atom is -0.454 e. The van der Waals surface area contributed by atoms with Crippen LogP contribution in [0.1, 0.15) is 16.2 Å². The van der Waals surface area contributed by atoms with Gasteiger partial charge in [-0.05, 0) is 30.3 Å². The Hall–Kier alpha value is -3.26. The van der Waals surface area contributed by atoms with E-state index in [9.17, 15) is 9.18 Å². The third-order valence-corrected chi connectivity index (χ3v) is 4.00. The van der Waals surface area contributed by atoms with Crippen molar-refractivity contribution in [3.8, 4) is 11.3 Å². The molecule has 4 aromatic rings. The molecule has 0 aliphatic carbocycles. The van der Waals surface area contributed by atoms with Gasteiger partial charge in [0, 0.05) is 11.8 Å². The molecule has 0 aliphatic heterocycles. The molecule has 3 heterocycles. The van der Waals surface area contributed by atoms with Crippen molar-refractivity contribution in [2.24, 2.45) is 0 Å². The van der Waals surface area contributed by atoms with Crippen molar-refractivity contribution >= 4 is 28.7 Å². The van der Waals surface area contributed by atoms with E-state index in [2.05, 4.69) is 25.1 Å². The largest absolute Gasteiger partial charge is 0.454 e. The first-order valence-corrected chi connectivity index (χ1v) is 7.95. The number of benzene rings is 1. The summed E-state index contributed by atoms with van der Waals surface area (Å²) in [6.07, 6.45) is 2.97. The third-order valence-electron chi connectivity index (χ3n) is 3.71. The van der Waals surface area contributed by atoms with Gasteiger partial charge in [0.05, 0.1) is 22.4 Å². The van der Waals surface area contributed by atoms with Crippen molar-refractivity contribution in [1.82, 2.24) is 25.1 Å². The Kier molecular flexibility index (Phi) is 4.10. The van der Waals surface area contributed by atoms with Gasteiger partial charge in [-0.3, -0.25) is 5.10 Å². The van der Waals surface area contributed by atoms with Gasteiger partial charge in [-0.25, -0.2) is 19.2 Å². The predicted molar refractivity (Wildman–Crippen MR) is 92.0 cm³/mol. The predicted octanol–water partition coefficient (Wildman–Crippen LogP) is 3.50. The summed E-state index contributed by atoms with van der Waals surface area (Å²) in [6, 6.07) is 7.73. The fourth-order valence-corrected chi connectivity index (χ4v) is 2.67. The number of hydrogen-bond donors (Lipinski definition) is 2. The van der Waals surface area contributed by atoms with Crippen LogP contribution in [0, 0.1) is 5.82 Å². The molecule has 0 saturated heterocycles. The molecule has 2 N–H and O–H groups in total. The smallest absolute Gasteiger partial charge is 0.342 e. The van der Waals surface area contributed by atoms with Gasteiger partial charge in [0.15, 0.2) is 5.65 Å². The molecule has 9 heteroatoms. The molecule has 0 radical (unpaired) electrons. The summed E-state index contributed by atoms with van der Waals surface area (Å²) in [7, 11) is 0. The Morgan fingerprint density at radius 2 is 2.19 bits per heavy atom. The highest BCUT2D eigenvalue weighted by Crippen LogP contribution is 2.26. The number of ether oxygens (including phenoxy) is 1. The highest BCUT2D eigenvalue weighted by Gasteiger charge is 2.18. The fraction of sp³-hybridized carbons (Fsp3) is 0.0588. The second-order valence-corrected chi connectivity index (χ2v) is 5.83. The van der Waals surface area contributed by atoms with E-state index in [4.69, 9.17) is 16.3 Å². The maximum Gasteiger partial charge on any atom is 0.342 e. The van der Waals surface area contributed by atoms with Crippen molar-refractivity contribution in [1.29, 1.82) is 0 Å². The Bertz CT molecular complexity index is 1070. The molecule has 0 spiro atoms.